The number of amides is 1. The topological polar surface area (TPSA) is 59.8 Å². The molecule has 1 amide bonds. The first kappa shape index (κ1) is 18.1. The molecule has 5 heteroatoms. The van der Waals surface area contributed by atoms with E-state index in [0.717, 1.165) is 23.6 Å². The molecule has 0 saturated carbocycles. The number of rotatable bonds is 6. The molecular weight excluding hydrogens is 328 g/mol. The zero-order valence-electron chi connectivity index (χ0n) is 15.0. The van der Waals surface area contributed by atoms with Gasteiger partial charge in [-0.3, -0.25) is 9.59 Å². The molecule has 1 saturated heterocycles. The Morgan fingerprint density at radius 1 is 1.15 bits per heavy atom. The number of carbonyl (C=O) groups is 2. The summed E-state index contributed by atoms with van der Waals surface area (Å²) in [6, 6.07) is 17.3. The number of esters is 1. The predicted octanol–water partition coefficient (Wildman–Crippen LogP) is 1.01. The van der Waals surface area contributed by atoms with Crippen LogP contribution in [0.25, 0.3) is 0 Å². The van der Waals surface area contributed by atoms with E-state index in [4.69, 9.17) is 4.74 Å². The number of carbonyl (C=O) groups excluding carboxylic acids is 2. The molecule has 2 aromatic carbocycles. The summed E-state index contributed by atoms with van der Waals surface area (Å²) >= 11 is 0. The minimum atomic E-state index is -0.411. The lowest BCUT2D eigenvalue weighted by Gasteiger charge is -2.31. The normalized spacial score (nSPS) is 19.7. The Balaban J connectivity index is 1.62. The van der Waals surface area contributed by atoms with Gasteiger partial charge in [-0.1, -0.05) is 54.6 Å². The highest BCUT2D eigenvalue weighted by atomic mass is 16.5. The zero-order chi connectivity index (χ0) is 18.4. The minimum absolute atomic E-state index is 0.0727. The molecule has 26 heavy (non-hydrogen) atoms. The SMILES string of the molecule is Cc1ccccc1C[NH+]1CCNC(=O)[C@H]1CC(=O)OCc1ccccc1. The minimum Gasteiger partial charge on any atom is -0.461 e. The summed E-state index contributed by atoms with van der Waals surface area (Å²) in [5.74, 6) is -0.408. The van der Waals surface area contributed by atoms with Gasteiger partial charge in [-0.2, -0.15) is 0 Å². The monoisotopic (exact) mass is 353 g/mol. The van der Waals surface area contributed by atoms with Crippen molar-refractivity contribution < 1.29 is 19.2 Å². The van der Waals surface area contributed by atoms with Gasteiger partial charge in [0.2, 0.25) is 0 Å². The first-order chi connectivity index (χ1) is 12.6. The average molecular weight is 353 g/mol. The second-order valence-electron chi connectivity index (χ2n) is 6.71. The molecule has 1 heterocycles. The van der Waals surface area contributed by atoms with Gasteiger partial charge in [-0.15, -0.1) is 0 Å². The second-order valence-corrected chi connectivity index (χ2v) is 6.71. The van der Waals surface area contributed by atoms with Crippen molar-refractivity contribution in [2.75, 3.05) is 13.1 Å². The maximum atomic E-state index is 12.3. The number of ether oxygens (including phenoxy) is 1. The highest BCUT2D eigenvalue weighted by Gasteiger charge is 2.36. The van der Waals surface area contributed by atoms with Crippen LogP contribution in [-0.2, 0) is 27.5 Å². The standard InChI is InChI=1S/C21H24N2O3/c1-16-7-5-6-10-18(16)14-23-12-11-22-21(25)19(23)13-20(24)26-15-17-8-3-2-4-9-17/h2-10,19H,11-15H2,1H3,(H,22,25)/p+1/t19-/m1/s1. The van der Waals surface area contributed by atoms with E-state index in [1.165, 1.54) is 11.1 Å². The molecule has 0 spiro atoms. The van der Waals surface area contributed by atoms with Crippen molar-refractivity contribution in [2.45, 2.75) is 32.5 Å². The van der Waals surface area contributed by atoms with Crippen LogP contribution in [0.15, 0.2) is 54.6 Å². The van der Waals surface area contributed by atoms with Gasteiger partial charge in [0.25, 0.3) is 5.91 Å². The summed E-state index contributed by atoms with van der Waals surface area (Å²) < 4.78 is 5.37. The van der Waals surface area contributed by atoms with Gasteiger partial charge in [0.15, 0.2) is 6.04 Å². The van der Waals surface area contributed by atoms with E-state index < -0.39 is 6.04 Å². The van der Waals surface area contributed by atoms with Crippen LogP contribution >= 0.6 is 0 Å². The number of nitrogens with one attached hydrogen (secondary N) is 2. The first-order valence-electron chi connectivity index (χ1n) is 9.00. The third kappa shape index (κ3) is 4.70. The molecule has 1 fully saturated rings. The van der Waals surface area contributed by atoms with Crippen molar-refractivity contribution in [2.24, 2.45) is 0 Å². The van der Waals surface area contributed by atoms with Crippen LogP contribution in [0.4, 0.5) is 0 Å². The Morgan fingerprint density at radius 2 is 1.88 bits per heavy atom. The Kier molecular flexibility index (Phi) is 6.02. The highest BCUT2D eigenvalue weighted by Crippen LogP contribution is 2.07. The predicted molar refractivity (Wildman–Crippen MR) is 98.4 cm³/mol. The van der Waals surface area contributed by atoms with Gasteiger partial charge in [-0.05, 0) is 18.1 Å². The molecule has 0 aromatic heterocycles. The number of quaternary nitrogens is 1. The molecule has 0 aliphatic carbocycles. The maximum Gasteiger partial charge on any atom is 0.312 e. The van der Waals surface area contributed by atoms with Crippen molar-refractivity contribution in [1.29, 1.82) is 0 Å². The van der Waals surface area contributed by atoms with Crippen LogP contribution in [-0.4, -0.2) is 31.0 Å². The van der Waals surface area contributed by atoms with Crippen molar-refractivity contribution in [3.05, 3.63) is 71.3 Å². The lowest BCUT2D eigenvalue weighted by Crippen LogP contribution is -3.18. The molecule has 2 N–H and O–H groups in total. The highest BCUT2D eigenvalue weighted by molar-refractivity contribution is 5.85. The zero-order valence-corrected chi connectivity index (χ0v) is 15.0. The smallest absolute Gasteiger partial charge is 0.312 e. The molecule has 3 rings (SSSR count). The van der Waals surface area contributed by atoms with E-state index in [1.54, 1.807) is 0 Å². The molecule has 2 aromatic rings. The van der Waals surface area contributed by atoms with Gasteiger partial charge in [0.05, 0.1) is 13.1 Å². The fourth-order valence-electron chi connectivity index (χ4n) is 3.29. The van der Waals surface area contributed by atoms with Gasteiger partial charge >= 0.3 is 5.97 Å². The van der Waals surface area contributed by atoms with Crippen molar-refractivity contribution in [3.63, 3.8) is 0 Å². The van der Waals surface area contributed by atoms with Gasteiger partial charge in [0.1, 0.15) is 19.6 Å². The van der Waals surface area contributed by atoms with E-state index in [1.807, 2.05) is 42.5 Å². The summed E-state index contributed by atoms with van der Waals surface area (Å²) in [7, 11) is 0. The third-order valence-corrected chi connectivity index (χ3v) is 4.85. The molecule has 1 aliphatic heterocycles. The fourth-order valence-corrected chi connectivity index (χ4v) is 3.29. The fraction of sp³-hybridized carbons (Fsp3) is 0.333. The van der Waals surface area contributed by atoms with Gasteiger partial charge in [0, 0.05) is 5.56 Å². The lowest BCUT2D eigenvalue weighted by atomic mass is 10.0. The molecule has 1 unspecified atom stereocenters. The van der Waals surface area contributed by atoms with Gasteiger partial charge in [-0.25, -0.2) is 0 Å². The molecule has 2 atom stereocenters. The molecule has 0 bridgehead atoms. The van der Waals surface area contributed by atoms with Crippen LogP contribution in [0, 0.1) is 6.92 Å². The Bertz CT molecular complexity index is 761. The summed E-state index contributed by atoms with van der Waals surface area (Å²) in [6.45, 7) is 4.48. The van der Waals surface area contributed by atoms with E-state index >= 15 is 0 Å². The molecule has 1 aliphatic rings. The Labute approximate surface area is 154 Å². The van der Waals surface area contributed by atoms with Crippen molar-refractivity contribution in [3.8, 4) is 0 Å². The van der Waals surface area contributed by atoms with Crippen molar-refractivity contribution >= 4 is 11.9 Å². The molecule has 0 radical (unpaired) electrons. The molecule has 136 valence electrons. The average Bonchev–Trinajstić information content (AvgIpc) is 2.65. The summed E-state index contributed by atoms with van der Waals surface area (Å²) in [5, 5.41) is 2.87. The van der Waals surface area contributed by atoms with E-state index in [0.29, 0.717) is 6.54 Å². The lowest BCUT2D eigenvalue weighted by molar-refractivity contribution is -0.930. The second kappa shape index (κ2) is 8.63. The third-order valence-electron chi connectivity index (χ3n) is 4.85. The maximum absolute atomic E-state index is 12.3. The van der Waals surface area contributed by atoms with Crippen molar-refractivity contribution in [1.82, 2.24) is 5.32 Å². The summed E-state index contributed by atoms with van der Waals surface area (Å²) in [4.78, 5) is 25.7. The Hall–Kier alpha value is -2.66. The molecule has 5 nitrogen and oxygen atoms in total. The van der Waals surface area contributed by atoms with Crippen LogP contribution < -0.4 is 10.2 Å². The molecular formula is C21H25N2O3+. The van der Waals surface area contributed by atoms with E-state index in [2.05, 4.69) is 24.4 Å². The number of benzene rings is 2. The quantitative estimate of drug-likeness (QED) is 0.762. The number of piperazine rings is 1. The summed E-state index contributed by atoms with van der Waals surface area (Å²) in [5.41, 5.74) is 3.36. The van der Waals surface area contributed by atoms with Crippen LogP contribution in [0.5, 0.6) is 0 Å². The van der Waals surface area contributed by atoms with Gasteiger partial charge < -0.3 is 15.0 Å². The number of hydrogen-bond donors (Lipinski definition) is 2. The first-order valence-corrected chi connectivity index (χ1v) is 9.00. The largest absolute Gasteiger partial charge is 0.461 e. The van der Waals surface area contributed by atoms with Crippen LogP contribution in [0.1, 0.15) is 23.1 Å². The Morgan fingerprint density at radius 3 is 2.65 bits per heavy atom. The van der Waals surface area contributed by atoms with Crippen LogP contribution in [0.3, 0.4) is 0 Å². The van der Waals surface area contributed by atoms with E-state index in [9.17, 15) is 9.59 Å². The van der Waals surface area contributed by atoms with Crippen LogP contribution in [0.2, 0.25) is 0 Å². The number of aryl methyl sites for hydroxylation is 1. The van der Waals surface area contributed by atoms with E-state index in [-0.39, 0.29) is 24.9 Å². The summed E-state index contributed by atoms with van der Waals surface area (Å²) in [6.07, 6.45) is 0.0971. The number of hydrogen-bond acceptors (Lipinski definition) is 3.